The summed E-state index contributed by atoms with van der Waals surface area (Å²) < 4.78 is 6.58. The van der Waals surface area contributed by atoms with Crippen molar-refractivity contribution in [2.75, 3.05) is 0 Å². The SMILES string of the molecule is CCC/C=C/[C@H](O[Si](C)(C)C(C)(C)C)[C@@H]1CC[C@H]1C=O. The lowest BCUT2D eigenvalue weighted by atomic mass is 9.71. The Bertz CT molecular complexity index is 341. The molecule has 0 aromatic carbocycles. The van der Waals surface area contributed by atoms with Gasteiger partial charge in [0.2, 0.25) is 0 Å². The number of carbonyl (C=O) groups excluding carboxylic acids is 1. The van der Waals surface area contributed by atoms with Crippen LogP contribution in [0, 0.1) is 11.8 Å². The fourth-order valence-corrected chi connectivity index (χ4v) is 3.60. The van der Waals surface area contributed by atoms with E-state index in [2.05, 4.69) is 52.9 Å². The van der Waals surface area contributed by atoms with Crippen molar-refractivity contribution in [3.63, 3.8) is 0 Å². The molecule has 0 spiro atoms. The van der Waals surface area contributed by atoms with Gasteiger partial charge in [0, 0.05) is 5.92 Å². The molecule has 2 nitrogen and oxygen atoms in total. The minimum atomic E-state index is -1.78. The van der Waals surface area contributed by atoms with E-state index in [-0.39, 0.29) is 17.1 Å². The Morgan fingerprint density at radius 2 is 1.95 bits per heavy atom. The van der Waals surface area contributed by atoms with Gasteiger partial charge >= 0.3 is 0 Å². The molecule has 1 aliphatic carbocycles. The first-order chi connectivity index (χ1) is 9.23. The zero-order chi connectivity index (χ0) is 15.4. The molecule has 0 aliphatic heterocycles. The molecule has 1 rings (SSSR count). The molecule has 116 valence electrons. The van der Waals surface area contributed by atoms with Crippen molar-refractivity contribution in [2.24, 2.45) is 11.8 Å². The number of hydrogen-bond acceptors (Lipinski definition) is 2. The van der Waals surface area contributed by atoms with Crippen LogP contribution in [0.1, 0.15) is 53.4 Å². The highest BCUT2D eigenvalue weighted by molar-refractivity contribution is 6.74. The van der Waals surface area contributed by atoms with Crippen LogP contribution < -0.4 is 0 Å². The molecule has 0 N–H and O–H groups in total. The van der Waals surface area contributed by atoms with Gasteiger partial charge in [-0.05, 0) is 43.3 Å². The monoisotopic (exact) mass is 296 g/mol. The Balaban J connectivity index is 2.80. The third kappa shape index (κ3) is 4.29. The van der Waals surface area contributed by atoms with Gasteiger partial charge in [-0.1, -0.05) is 46.3 Å². The van der Waals surface area contributed by atoms with Gasteiger partial charge in [0.1, 0.15) is 6.29 Å². The number of carbonyl (C=O) groups is 1. The first kappa shape index (κ1) is 17.6. The smallest absolute Gasteiger partial charge is 0.192 e. The van der Waals surface area contributed by atoms with Crippen LogP contribution in [-0.4, -0.2) is 20.7 Å². The predicted octanol–water partition coefficient (Wildman–Crippen LogP) is 4.96. The van der Waals surface area contributed by atoms with Gasteiger partial charge in [-0.15, -0.1) is 0 Å². The second kappa shape index (κ2) is 7.03. The van der Waals surface area contributed by atoms with E-state index >= 15 is 0 Å². The molecule has 0 heterocycles. The van der Waals surface area contributed by atoms with Crippen molar-refractivity contribution in [1.82, 2.24) is 0 Å². The molecule has 3 heteroatoms. The number of hydrogen-bond donors (Lipinski definition) is 0. The summed E-state index contributed by atoms with van der Waals surface area (Å²) in [6.07, 6.45) is 10.1. The molecule has 0 bridgehead atoms. The Morgan fingerprint density at radius 1 is 1.30 bits per heavy atom. The summed E-state index contributed by atoms with van der Waals surface area (Å²) in [6.45, 7) is 13.6. The average molecular weight is 297 g/mol. The number of rotatable bonds is 7. The Kier molecular flexibility index (Phi) is 6.20. The molecule has 1 fully saturated rings. The van der Waals surface area contributed by atoms with Crippen LogP contribution in [0.25, 0.3) is 0 Å². The summed E-state index contributed by atoms with van der Waals surface area (Å²) in [5.41, 5.74) is 0. The Morgan fingerprint density at radius 3 is 2.35 bits per heavy atom. The van der Waals surface area contributed by atoms with Crippen LogP contribution in [0.2, 0.25) is 18.1 Å². The first-order valence-electron chi connectivity index (χ1n) is 8.02. The zero-order valence-corrected chi connectivity index (χ0v) is 15.1. The van der Waals surface area contributed by atoms with Gasteiger partial charge in [0.15, 0.2) is 8.32 Å². The summed E-state index contributed by atoms with van der Waals surface area (Å²) >= 11 is 0. The van der Waals surface area contributed by atoms with E-state index in [9.17, 15) is 4.79 Å². The van der Waals surface area contributed by atoms with Gasteiger partial charge in [-0.25, -0.2) is 0 Å². The van der Waals surface area contributed by atoms with Gasteiger partial charge < -0.3 is 9.22 Å². The molecule has 1 saturated carbocycles. The maximum atomic E-state index is 11.1. The number of aldehydes is 1. The third-order valence-electron chi connectivity index (χ3n) is 5.00. The normalized spacial score (nSPS) is 25.5. The third-order valence-corrected chi connectivity index (χ3v) is 9.47. The van der Waals surface area contributed by atoms with Crippen LogP contribution in [0.4, 0.5) is 0 Å². The predicted molar refractivity (Wildman–Crippen MR) is 88.4 cm³/mol. The van der Waals surface area contributed by atoms with Gasteiger partial charge in [-0.2, -0.15) is 0 Å². The van der Waals surface area contributed by atoms with E-state index in [1.807, 2.05) is 0 Å². The summed E-state index contributed by atoms with van der Waals surface area (Å²) in [6, 6.07) is 0. The fraction of sp³-hybridized carbons (Fsp3) is 0.824. The molecule has 1 aliphatic rings. The van der Waals surface area contributed by atoms with E-state index in [1.165, 1.54) is 0 Å². The highest BCUT2D eigenvalue weighted by Crippen LogP contribution is 2.42. The highest BCUT2D eigenvalue weighted by atomic mass is 28.4. The molecular weight excluding hydrogens is 264 g/mol. The van der Waals surface area contributed by atoms with Crippen LogP contribution in [0.5, 0.6) is 0 Å². The molecule has 0 saturated heterocycles. The van der Waals surface area contributed by atoms with Crippen molar-refractivity contribution >= 4 is 14.6 Å². The van der Waals surface area contributed by atoms with Crippen LogP contribution >= 0.6 is 0 Å². The molecule has 20 heavy (non-hydrogen) atoms. The minimum absolute atomic E-state index is 0.131. The molecule has 0 amide bonds. The Hall–Kier alpha value is -0.413. The average Bonchev–Trinajstić information content (AvgIpc) is 2.26. The standard InChI is InChI=1S/C17H32O2Si/c1-7-8-9-10-16(15-12-11-14(15)13-18)19-20(5,6)17(2,3)4/h9-10,13-16H,7-8,11-12H2,1-6H3/b10-9+/t14-,15+,16-/m0/s1. The van der Waals surface area contributed by atoms with E-state index in [1.54, 1.807) is 0 Å². The summed E-state index contributed by atoms with van der Waals surface area (Å²) in [5.74, 6) is 0.603. The van der Waals surface area contributed by atoms with Crippen molar-refractivity contribution < 1.29 is 9.22 Å². The second-order valence-corrected chi connectivity index (χ2v) is 12.4. The van der Waals surface area contributed by atoms with Crippen molar-refractivity contribution in [3.05, 3.63) is 12.2 Å². The summed E-state index contributed by atoms with van der Waals surface area (Å²) in [4.78, 5) is 11.1. The van der Waals surface area contributed by atoms with Gasteiger partial charge in [0.25, 0.3) is 0 Å². The lowest BCUT2D eigenvalue weighted by Gasteiger charge is -2.44. The van der Waals surface area contributed by atoms with Crippen molar-refractivity contribution in [2.45, 2.75) is 77.6 Å². The van der Waals surface area contributed by atoms with Crippen molar-refractivity contribution in [3.8, 4) is 0 Å². The number of unbranched alkanes of at least 4 members (excludes halogenated alkanes) is 1. The molecule has 0 aromatic heterocycles. The molecular formula is C17H32O2Si. The van der Waals surface area contributed by atoms with Crippen molar-refractivity contribution in [1.29, 1.82) is 0 Å². The highest BCUT2D eigenvalue weighted by Gasteiger charge is 2.43. The molecule has 0 aromatic rings. The topological polar surface area (TPSA) is 26.3 Å². The quantitative estimate of drug-likeness (QED) is 0.377. The van der Waals surface area contributed by atoms with E-state index in [4.69, 9.17) is 4.43 Å². The number of allylic oxidation sites excluding steroid dienone is 1. The maximum absolute atomic E-state index is 11.1. The lowest BCUT2D eigenvalue weighted by molar-refractivity contribution is -0.117. The van der Waals surface area contributed by atoms with E-state index in [0.717, 1.165) is 32.0 Å². The second-order valence-electron chi connectivity index (χ2n) is 7.60. The van der Waals surface area contributed by atoms with Crippen LogP contribution in [-0.2, 0) is 9.22 Å². The minimum Gasteiger partial charge on any atom is -0.410 e. The van der Waals surface area contributed by atoms with E-state index in [0.29, 0.717) is 5.92 Å². The molecule has 0 unspecified atom stereocenters. The first-order valence-corrected chi connectivity index (χ1v) is 10.9. The van der Waals surface area contributed by atoms with E-state index < -0.39 is 8.32 Å². The lowest BCUT2D eigenvalue weighted by Crippen LogP contribution is -2.48. The van der Waals surface area contributed by atoms with Crippen LogP contribution in [0.3, 0.4) is 0 Å². The van der Waals surface area contributed by atoms with Gasteiger partial charge in [-0.3, -0.25) is 0 Å². The summed E-state index contributed by atoms with van der Waals surface area (Å²) in [5, 5.41) is 0.213. The Labute approximate surface area is 126 Å². The zero-order valence-electron chi connectivity index (χ0n) is 14.1. The molecule has 3 atom stereocenters. The van der Waals surface area contributed by atoms with Crippen LogP contribution in [0.15, 0.2) is 12.2 Å². The van der Waals surface area contributed by atoms with Gasteiger partial charge in [0.05, 0.1) is 6.10 Å². The largest absolute Gasteiger partial charge is 0.410 e. The maximum Gasteiger partial charge on any atom is 0.192 e. The summed E-state index contributed by atoms with van der Waals surface area (Å²) in [7, 11) is -1.78. The molecule has 0 radical (unpaired) electrons. The fourth-order valence-electron chi connectivity index (χ4n) is 2.31.